The van der Waals surface area contributed by atoms with Crippen LogP contribution in [0.1, 0.15) is 18.9 Å². The standard InChI is InChI=1S/C15H25NO2Si/c1-12(15(17)18-19(2,3)4)10-14(16)11-13-8-6-5-7-9-13/h5-9,12,14H,10-11,16H2,1-4H3/t12-,14+/m0/s1. The molecule has 0 aliphatic rings. The highest BCUT2D eigenvalue weighted by atomic mass is 28.4. The molecule has 1 rings (SSSR count). The molecule has 0 aromatic heterocycles. The van der Waals surface area contributed by atoms with E-state index in [0.717, 1.165) is 6.42 Å². The smallest absolute Gasteiger partial charge is 0.295 e. The Hall–Kier alpha value is -1.13. The SMILES string of the molecule is C[C@@H](C[C@@H](N)Cc1ccccc1)C(=O)O[Si](C)(C)C. The lowest BCUT2D eigenvalue weighted by Crippen LogP contribution is -2.35. The van der Waals surface area contributed by atoms with Crippen LogP contribution >= 0.6 is 0 Å². The molecular formula is C15H25NO2Si. The number of carbonyl (C=O) groups is 1. The number of carbonyl (C=O) groups excluding carboxylic acids is 1. The van der Waals surface area contributed by atoms with Crippen molar-refractivity contribution in [3.8, 4) is 0 Å². The number of hydrogen-bond donors (Lipinski definition) is 1. The molecule has 0 fully saturated rings. The average Bonchev–Trinajstić information content (AvgIpc) is 2.27. The fraction of sp³-hybridized carbons (Fsp3) is 0.533. The highest BCUT2D eigenvalue weighted by Crippen LogP contribution is 2.14. The third-order valence-corrected chi connectivity index (χ3v) is 3.62. The summed E-state index contributed by atoms with van der Waals surface area (Å²) in [6.45, 7) is 7.94. The minimum absolute atomic E-state index is 0.00779. The molecule has 0 heterocycles. The zero-order valence-electron chi connectivity index (χ0n) is 12.3. The number of benzene rings is 1. The van der Waals surface area contributed by atoms with Crippen LogP contribution in [0.4, 0.5) is 0 Å². The van der Waals surface area contributed by atoms with Gasteiger partial charge >= 0.3 is 0 Å². The van der Waals surface area contributed by atoms with E-state index in [1.54, 1.807) is 0 Å². The van der Waals surface area contributed by atoms with E-state index >= 15 is 0 Å². The van der Waals surface area contributed by atoms with Crippen LogP contribution in [0, 0.1) is 5.92 Å². The van der Waals surface area contributed by atoms with Crippen molar-refractivity contribution in [1.29, 1.82) is 0 Å². The first-order chi connectivity index (χ1) is 8.78. The van der Waals surface area contributed by atoms with E-state index in [2.05, 4.69) is 12.1 Å². The van der Waals surface area contributed by atoms with E-state index < -0.39 is 8.32 Å². The van der Waals surface area contributed by atoms with Gasteiger partial charge in [0.1, 0.15) is 0 Å². The molecule has 0 amide bonds. The van der Waals surface area contributed by atoms with E-state index in [9.17, 15) is 4.79 Å². The van der Waals surface area contributed by atoms with Crippen LogP contribution < -0.4 is 5.73 Å². The van der Waals surface area contributed by atoms with Crippen molar-refractivity contribution in [3.63, 3.8) is 0 Å². The summed E-state index contributed by atoms with van der Waals surface area (Å²) in [5, 5.41) is 0. The van der Waals surface area contributed by atoms with Gasteiger partial charge in [0.25, 0.3) is 5.97 Å². The lowest BCUT2D eigenvalue weighted by molar-refractivity contribution is -0.139. The number of hydrogen-bond acceptors (Lipinski definition) is 3. The van der Waals surface area contributed by atoms with E-state index in [1.165, 1.54) is 5.56 Å². The normalized spacial score (nSPS) is 14.8. The molecule has 0 unspecified atom stereocenters. The van der Waals surface area contributed by atoms with Crippen LogP contribution in [-0.2, 0) is 15.6 Å². The predicted molar refractivity (Wildman–Crippen MR) is 81.3 cm³/mol. The summed E-state index contributed by atoms with van der Waals surface area (Å²) in [6.07, 6.45) is 1.46. The Kier molecular flexibility index (Phi) is 5.75. The Morgan fingerprint density at radius 2 is 1.84 bits per heavy atom. The third-order valence-electron chi connectivity index (χ3n) is 2.81. The van der Waals surface area contributed by atoms with Crippen LogP contribution in [0.25, 0.3) is 0 Å². The molecule has 2 atom stereocenters. The maximum Gasteiger partial charge on any atom is 0.295 e. The van der Waals surface area contributed by atoms with Gasteiger partial charge in [-0.3, -0.25) is 4.79 Å². The lowest BCUT2D eigenvalue weighted by Gasteiger charge is -2.22. The first-order valence-electron chi connectivity index (χ1n) is 6.80. The largest absolute Gasteiger partial charge is 0.520 e. The number of nitrogens with two attached hydrogens (primary N) is 1. The second-order valence-electron chi connectivity index (χ2n) is 6.12. The van der Waals surface area contributed by atoms with Gasteiger partial charge in [-0.2, -0.15) is 0 Å². The maximum absolute atomic E-state index is 11.9. The van der Waals surface area contributed by atoms with Gasteiger partial charge in [0.2, 0.25) is 8.32 Å². The molecule has 0 aliphatic heterocycles. The van der Waals surface area contributed by atoms with E-state index in [-0.39, 0.29) is 17.9 Å². The van der Waals surface area contributed by atoms with E-state index in [0.29, 0.717) is 6.42 Å². The third kappa shape index (κ3) is 6.54. The Morgan fingerprint density at radius 3 is 2.37 bits per heavy atom. The molecular weight excluding hydrogens is 254 g/mol. The summed E-state index contributed by atoms with van der Waals surface area (Å²) in [6, 6.07) is 10.1. The van der Waals surface area contributed by atoms with Crippen LogP contribution in [0.2, 0.25) is 19.6 Å². The zero-order valence-corrected chi connectivity index (χ0v) is 13.3. The van der Waals surface area contributed by atoms with Crippen molar-refractivity contribution in [2.45, 2.75) is 45.4 Å². The average molecular weight is 279 g/mol. The Balaban J connectivity index is 2.44. The van der Waals surface area contributed by atoms with Gasteiger partial charge in [0, 0.05) is 6.04 Å². The molecule has 106 valence electrons. The minimum Gasteiger partial charge on any atom is -0.520 e. The first kappa shape index (κ1) is 15.9. The van der Waals surface area contributed by atoms with E-state index in [1.807, 2.05) is 44.8 Å². The molecule has 3 nitrogen and oxygen atoms in total. The van der Waals surface area contributed by atoms with Crippen molar-refractivity contribution in [2.24, 2.45) is 11.7 Å². The molecule has 0 saturated carbocycles. The Labute approximate surface area is 117 Å². The quantitative estimate of drug-likeness (QED) is 0.815. The fourth-order valence-corrected chi connectivity index (χ4v) is 2.76. The van der Waals surface area contributed by atoms with Crippen molar-refractivity contribution in [2.75, 3.05) is 0 Å². The van der Waals surface area contributed by atoms with Gasteiger partial charge in [-0.05, 0) is 38.0 Å². The summed E-state index contributed by atoms with van der Waals surface area (Å²) in [7, 11) is -1.80. The highest BCUT2D eigenvalue weighted by molar-refractivity contribution is 6.71. The van der Waals surface area contributed by atoms with Crippen LogP contribution in [-0.4, -0.2) is 20.3 Å². The lowest BCUT2D eigenvalue weighted by atomic mass is 9.97. The van der Waals surface area contributed by atoms with Gasteiger partial charge in [0.05, 0.1) is 5.92 Å². The van der Waals surface area contributed by atoms with Crippen molar-refractivity contribution in [1.82, 2.24) is 0 Å². The fourth-order valence-electron chi connectivity index (χ4n) is 1.95. The minimum atomic E-state index is -1.80. The van der Waals surface area contributed by atoms with Crippen LogP contribution in [0.3, 0.4) is 0 Å². The van der Waals surface area contributed by atoms with Crippen molar-refractivity contribution in [3.05, 3.63) is 35.9 Å². The predicted octanol–water partition coefficient (Wildman–Crippen LogP) is 2.96. The van der Waals surface area contributed by atoms with Crippen molar-refractivity contribution < 1.29 is 9.22 Å². The van der Waals surface area contributed by atoms with E-state index in [4.69, 9.17) is 10.2 Å². The molecule has 0 bridgehead atoms. The molecule has 0 saturated heterocycles. The van der Waals surface area contributed by atoms with Gasteiger partial charge in [-0.15, -0.1) is 0 Å². The van der Waals surface area contributed by atoms with Gasteiger partial charge in [-0.25, -0.2) is 0 Å². The summed E-state index contributed by atoms with van der Waals surface area (Å²) < 4.78 is 5.49. The van der Waals surface area contributed by atoms with Gasteiger partial charge < -0.3 is 10.2 Å². The summed E-state index contributed by atoms with van der Waals surface area (Å²) >= 11 is 0. The molecule has 0 aliphatic carbocycles. The molecule has 1 aromatic rings. The summed E-state index contributed by atoms with van der Waals surface area (Å²) in [4.78, 5) is 11.9. The van der Waals surface area contributed by atoms with Crippen molar-refractivity contribution >= 4 is 14.3 Å². The summed E-state index contributed by atoms with van der Waals surface area (Å²) in [5.41, 5.74) is 7.32. The second kappa shape index (κ2) is 6.87. The molecule has 1 aromatic carbocycles. The highest BCUT2D eigenvalue weighted by Gasteiger charge is 2.25. The first-order valence-corrected chi connectivity index (χ1v) is 10.2. The monoisotopic (exact) mass is 279 g/mol. The molecule has 19 heavy (non-hydrogen) atoms. The molecule has 2 N–H and O–H groups in total. The van der Waals surface area contributed by atoms with Crippen LogP contribution in [0.15, 0.2) is 30.3 Å². The Bertz CT molecular complexity index is 400. The molecule has 0 radical (unpaired) electrons. The number of rotatable bonds is 6. The maximum atomic E-state index is 11.9. The van der Waals surface area contributed by atoms with Gasteiger partial charge in [0.15, 0.2) is 0 Å². The molecule has 4 heteroatoms. The topological polar surface area (TPSA) is 52.3 Å². The summed E-state index contributed by atoms with van der Waals surface area (Å²) in [5.74, 6) is -0.242. The zero-order chi connectivity index (χ0) is 14.5. The van der Waals surface area contributed by atoms with Gasteiger partial charge in [-0.1, -0.05) is 37.3 Å². The Morgan fingerprint density at radius 1 is 1.26 bits per heavy atom. The van der Waals surface area contributed by atoms with Crippen LogP contribution in [0.5, 0.6) is 0 Å². The second-order valence-corrected chi connectivity index (χ2v) is 10.5. The molecule has 0 spiro atoms.